The number of aromatic nitrogens is 2. The van der Waals surface area contributed by atoms with Crippen LogP contribution in [0.25, 0.3) is 0 Å². The number of nitrogens with one attached hydrogen (secondary N) is 1. The maximum Gasteiger partial charge on any atom is 0.281 e. The second-order valence-electron chi connectivity index (χ2n) is 8.63. The molecule has 3 rings (SSSR count). The largest absolute Gasteiger partial charge is 0.475 e. The number of pyridine rings is 2. The average molecular weight is 478 g/mol. The Kier molecular flexibility index (Phi) is 7.43. The first-order valence-corrected chi connectivity index (χ1v) is 12.3. The molecule has 0 unspecified atom stereocenters. The molecule has 0 saturated carbocycles. The van der Waals surface area contributed by atoms with Gasteiger partial charge < -0.3 is 20.1 Å². The van der Waals surface area contributed by atoms with E-state index < -0.39 is 15.9 Å². The van der Waals surface area contributed by atoms with Crippen LogP contribution in [0.4, 0.5) is 11.6 Å². The zero-order valence-electron chi connectivity index (χ0n) is 19.4. The van der Waals surface area contributed by atoms with E-state index >= 15 is 0 Å². The molecule has 33 heavy (non-hydrogen) atoms. The van der Waals surface area contributed by atoms with Gasteiger partial charge >= 0.3 is 0 Å². The maximum atomic E-state index is 13.1. The predicted octanol–water partition coefficient (Wildman–Crippen LogP) is 2.22. The number of anilines is 2. The fourth-order valence-electron chi connectivity index (χ4n) is 4.01. The highest BCUT2D eigenvalue weighted by molar-refractivity contribution is 7.90. The summed E-state index contributed by atoms with van der Waals surface area (Å²) in [6.45, 7) is 10.1. The van der Waals surface area contributed by atoms with Gasteiger partial charge in [0.1, 0.15) is 18.2 Å². The maximum absolute atomic E-state index is 13.1. The summed E-state index contributed by atoms with van der Waals surface area (Å²) in [6.07, 6.45) is 0.899. The van der Waals surface area contributed by atoms with Gasteiger partial charge in [0.15, 0.2) is 5.03 Å². The van der Waals surface area contributed by atoms with Crippen molar-refractivity contribution >= 4 is 27.6 Å². The zero-order chi connectivity index (χ0) is 24.2. The first-order chi connectivity index (χ1) is 15.5. The molecule has 0 aromatic carbocycles. The van der Waals surface area contributed by atoms with Gasteiger partial charge in [0.2, 0.25) is 5.88 Å². The Morgan fingerprint density at radius 3 is 2.64 bits per heavy atom. The number of hydrogen-bond acceptors (Lipinski definition) is 9. The van der Waals surface area contributed by atoms with Crippen LogP contribution in [0.1, 0.15) is 44.5 Å². The van der Waals surface area contributed by atoms with Gasteiger partial charge in [-0.2, -0.15) is 13.4 Å². The minimum absolute atomic E-state index is 0.0361. The van der Waals surface area contributed by atoms with Crippen molar-refractivity contribution in [3.63, 3.8) is 0 Å². The van der Waals surface area contributed by atoms with Gasteiger partial charge in [-0.25, -0.2) is 9.71 Å². The Morgan fingerprint density at radius 2 is 2.00 bits per heavy atom. The summed E-state index contributed by atoms with van der Waals surface area (Å²) >= 11 is 0. The first-order valence-electron chi connectivity index (χ1n) is 10.8. The molecule has 1 fully saturated rings. The Hall–Kier alpha value is -2.92. The number of nitrogens with two attached hydrogens (primary N) is 1. The van der Waals surface area contributed by atoms with E-state index in [4.69, 9.17) is 15.2 Å². The van der Waals surface area contributed by atoms with Crippen molar-refractivity contribution in [1.29, 1.82) is 0 Å². The summed E-state index contributed by atoms with van der Waals surface area (Å²) in [4.78, 5) is 23.5. The molecular weight excluding hydrogens is 446 g/mol. The molecule has 0 aliphatic carbocycles. The molecule has 10 nitrogen and oxygen atoms in total. The van der Waals surface area contributed by atoms with Crippen LogP contribution in [0, 0.1) is 5.92 Å². The number of rotatable bonds is 9. The van der Waals surface area contributed by atoms with Crippen molar-refractivity contribution in [2.45, 2.75) is 44.7 Å². The third-order valence-electron chi connectivity index (χ3n) is 5.35. The number of nitrogen functional groups attached to an aromatic ring is 1. The quantitative estimate of drug-likeness (QED) is 0.521. The molecule has 1 atom stereocenters. The molecule has 1 aliphatic heterocycles. The summed E-state index contributed by atoms with van der Waals surface area (Å²) in [5.74, 6) is 0.302. The van der Waals surface area contributed by atoms with Crippen molar-refractivity contribution in [3.8, 4) is 5.88 Å². The van der Waals surface area contributed by atoms with Crippen molar-refractivity contribution < 1.29 is 22.7 Å². The predicted molar refractivity (Wildman–Crippen MR) is 125 cm³/mol. The van der Waals surface area contributed by atoms with Crippen molar-refractivity contribution in [3.05, 3.63) is 35.9 Å². The monoisotopic (exact) mass is 477 g/mol. The van der Waals surface area contributed by atoms with Crippen LogP contribution in [0.5, 0.6) is 5.88 Å². The number of sulfonamides is 1. The molecule has 1 saturated heterocycles. The standard InChI is InChI=1S/C22H31N5O5S/c1-5-31-11-12-32-18-10-9-16(20(25-18)27-14-15(2)13-22(27,3)4)21(28)26-33(29,30)19-8-6-7-17(23)24-19/h6-10,15H,5,11-14H2,1-4H3,(H2,23,24)(H,26,28)/t15-/m0/s1. The van der Waals surface area contributed by atoms with E-state index in [2.05, 4.69) is 35.5 Å². The summed E-state index contributed by atoms with van der Waals surface area (Å²) in [7, 11) is -4.23. The molecule has 180 valence electrons. The van der Waals surface area contributed by atoms with Crippen LogP contribution in [-0.4, -0.2) is 56.2 Å². The fraction of sp³-hybridized carbons (Fsp3) is 0.500. The summed E-state index contributed by atoms with van der Waals surface area (Å²) in [5, 5.41) is -0.337. The Balaban J connectivity index is 1.93. The number of carbonyl (C=O) groups is 1. The summed E-state index contributed by atoms with van der Waals surface area (Å²) in [5.41, 5.74) is 5.44. The Bertz CT molecular complexity index is 1110. The van der Waals surface area contributed by atoms with Crippen LogP contribution in [0.15, 0.2) is 35.4 Å². The van der Waals surface area contributed by atoms with Crippen molar-refractivity contribution in [2.24, 2.45) is 5.92 Å². The molecule has 1 amide bonds. The Labute approximate surface area is 194 Å². The molecule has 2 aromatic heterocycles. The SMILES string of the molecule is CCOCCOc1ccc(C(=O)NS(=O)(=O)c2cccc(N)n2)c(N2C[C@@H](C)CC2(C)C)n1. The number of carbonyl (C=O) groups excluding carboxylic acids is 1. The van der Waals surface area contributed by atoms with Crippen LogP contribution in [-0.2, 0) is 14.8 Å². The van der Waals surface area contributed by atoms with Crippen LogP contribution >= 0.6 is 0 Å². The lowest BCUT2D eigenvalue weighted by atomic mass is 9.97. The van der Waals surface area contributed by atoms with Gasteiger partial charge in [0, 0.05) is 24.8 Å². The Morgan fingerprint density at radius 1 is 1.24 bits per heavy atom. The minimum Gasteiger partial charge on any atom is -0.475 e. The molecule has 1 aliphatic rings. The lowest BCUT2D eigenvalue weighted by Gasteiger charge is -2.33. The van der Waals surface area contributed by atoms with Crippen molar-refractivity contribution in [1.82, 2.24) is 14.7 Å². The van der Waals surface area contributed by atoms with E-state index in [1.807, 2.05) is 11.8 Å². The van der Waals surface area contributed by atoms with Crippen LogP contribution < -0.4 is 20.1 Å². The zero-order valence-corrected chi connectivity index (χ0v) is 20.2. The highest BCUT2D eigenvalue weighted by atomic mass is 32.2. The third kappa shape index (κ3) is 5.91. The number of amides is 1. The molecular formula is C22H31N5O5S. The topological polar surface area (TPSA) is 137 Å². The molecule has 0 radical (unpaired) electrons. The molecule has 0 bridgehead atoms. The third-order valence-corrected chi connectivity index (χ3v) is 6.58. The minimum atomic E-state index is -4.23. The van der Waals surface area contributed by atoms with E-state index in [0.717, 1.165) is 6.42 Å². The molecule has 11 heteroatoms. The van der Waals surface area contributed by atoms with Crippen molar-refractivity contribution in [2.75, 3.05) is 37.0 Å². The summed E-state index contributed by atoms with van der Waals surface area (Å²) in [6, 6.07) is 7.25. The van der Waals surface area contributed by atoms with E-state index in [1.165, 1.54) is 24.3 Å². The van der Waals surface area contributed by atoms with E-state index in [-0.39, 0.29) is 21.9 Å². The second-order valence-corrected chi connectivity index (χ2v) is 10.3. The number of ether oxygens (including phenoxy) is 2. The average Bonchev–Trinajstić information content (AvgIpc) is 3.02. The number of hydrogen-bond donors (Lipinski definition) is 2. The van der Waals surface area contributed by atoms with E-state index in [1.54, 1.807) is 6.07 Å². The molecule has 3 N–H and O–H groups in total. The summed E-state index contributed by atoms with van der Waals surface area (Å²) < 4.78 is 38.5. The van der Waals surface area contributed by atoms with E-state index in [0.29, 0.717) is 44.0 Å². The van der Waals surface area contributed by atoms with Gasteiger partial charge in [0.05, 0.1) is 12.2 Å². The molecule has 2 aromatic rings. The van der Waals surface area contributed by atoms with Gasteiger partial charge in [-0.05, 0) is 51.3 Å². The lowest BCUT2D eigenvalue weighted by molar-refractivity contribution is 0.0980. The van der Waals surface area contributed by atoms with Gasteiger partial charge in [-0.3, -0.25) is 4.79 Å². The second kappa shape index (κ2) is 9.92. The molecule has 0 spiro atoms. The smallest absolute Gasteiger partial charge is 0.281 e. The van der Waals surface area contributed by atoms with Gasteiger partial charge in [-0.15, -0.1) is 0 Å². The fourth-order valence-corrected chi connectivity index (χ4v) is 4.96. The normalized spacial score (nSPS) is 17.7. The molecule has 3 heterocycles. The van der Waals surface area contributed by atoms with Gasteiger partial charge in [0.25, 0.3) is 15.9 Å². The highest BCUT2D eigenvalue weighted by Gasteiger charge is 2.39. The number of nitrogens with zero attached hydrogens (tertiary/aromatic N) is 3. The van der Waals surface area contributed by atoms with Crippen LogP contribution in [0.3, 0.4) is 0 Å². The van der Waals surface area contributed by atoms with Gasteiger partial charge in [-0.1, -0.05) is 13.0 Å². The van der Waals surface area contributed by atoms with Crippen LogP contribution in [0.2, 0.25) is 0 Å². The highest BCUT2D eigenvalue weighted by Crippen LogP contribution is 2.38. The first kappa shape index (κ1) is 24.7. The lowest BCUT2D eigenvalue weighted by Crippen LogP contribution is -2.41. The van der Waals surface area contributed by atoms with E-state index in [9.17, 15) is 13.2 Å².